The number of azo groups is 1. The van der Waals surface area contributed by atoms with E-state index in [4.69, 9.17) is 16.7 Å². The number of benzene rings is 1. The van der Waals surface area contributed by atoms with Gasteiger partial charge < -0.3 is 10.2 Å². The first kappa shape index (κ1) is 19.3. The molecule has 1 rings (SSSR count). The summed E-state index contributed by atoms with van der Waals surface area (Å²) in [6.07, 6.45) is -4.50. The Labute approximate surface area is 138 Å². The quantitative estimate of drug-likeness (QED) is 0.243. The smallest absolute Gasteiger partial charge is 0.416 e. The van der Waals surface area contributed by atoms with Gasteiger partial charge in [-0.1, -0.05) is 6.92 Å². The summed E-state index contributed by atoms with van der Waals surface area (Å²) in [5.74, 6) is -2.24. The second-order valence-electron chi connectivity index (χ2n) is 4.05. The van der Waals surface area contributed by atoms with E-state index in [0.29, 0.717) is 5.75 Å². The number of carboxylic acid groups (broad SMARTS) is 1. The van der Waals surface area contributed by atoms with Crippen LogP contribution in [0.25, 0.3) is 0 Å². The van der Waals surface area contributed by atoms with Crippen molar-refractivity contribution < 1.29 is 28.2 Å². The number of hydrogen-bond donors (Lipinski definition) is 2. The third kappa shape index (κ3) is 5.43. The fraction of sp³-hybridized carbons (Fsp3) is 0.308. The SMILES string of the molecule is CCSc1cc(C(F)(F)F)ccc1N=NC(C(=O)O)=C(O)CCl. The Morgan fingerprint density at radius 1 is 1.35 bits per heavy atom. The zero-order valence-corrected chi connectivity index (χ0v) is 13.3. The van der Waals surface area contributed by atoms with Crippen LogP contribution in [0.5, 0.6) is 0 Å². The van der Waals surface area contributed by atoms with Crippen molar-refractivity contribution in [2.75, 3.05) is 11.6 Å². The summed E-state index contributed by atoms with van der Waals surface area (Å²) in [4.78, 5) is 11.1. The molecule has 0 aromatic heterocycles. The highest BCUT2D eigenvalue weighted by Gasteiger charge is 2.31. The van der Waals surface area contributed by atoms with Crippen molar-refractivity contribution >= 4 is 35.0 Å². The molecule has 0 spiro atoms. The van der Waals surface area contributed by atoms with Gasteiger partial charge in [0, 0.05) is 4.90 Å². The molecule has 0 saturated carbocycles. The monoisotopic (exact) mass is 368 g/mol. The van der Waals surface area contributed by atoms with Crippen molar-refractivity contribution in [3.8, 4) is 0 Å². The van der Waals surface area contributed by atoms with Crippen LogP contribution in [0.15, 0.2) is 44.8 Å². The van der Waals surface area contributed by atoms with Crippen LogP contribution >= 0.6 is 23.4 Å². The maximum Gasteiger partial charge on any atom is 0.416 e. The minimum atomic E-state index is -4.50. The molecule has 2 N–H and O–H groups in total. The summed E-state index contributed by atoms with van der Waals surface area (Å²) in [6.45, 7) is 1.74. The van der Waals surface area contributed by atoms with E-state index in [2.05, 4.69) is 10.2 Å². The molecule has 0 amide bonds. The minimum Gasteiger partial charge on any atom is -0.508 e. The number of halogens is 4. The van der Waals surface area contributed by atoms with E-state index in [-0.39, 0.29) is 10.6 Å². The molecule has 0 bridgehead atoms. The van der Waals surface area contributed by atoms with Crippen molar-refractivity contribution in [3.05, 3.63) is 35.2 Å². The second-order valence-corrected chi connectivity index (χ2v) is 5.62. The number of carboxylic acids is 1. The first-order chi connectivity index (χ1) is 10.7. The molecule has 0 atom stereocenters. The number of carbonyl (C=O) groups is 1. The van der Waals surface area contributed by atoms with E-state index >= 15 is 0 Å². The largest absolute Gasteiger partial charge is 0.508 e. The van der Waals surface area contributed by atoms with Gasteiger partial charge in [-0.05, 0) is 24.0 Å². The molecule has 0 heterocycles. The van der Waals surface area contributed by atoms with Crippen LogP contribution in [0.1, 0.15) is 12.5 Å². The van der Waals surface area contributed by atoms with Gasteiger partial charge in [-0.25, -0.2) is 4.79 Å². The number of aliphatic carboxylic acids is 1. The molecular formula is C13H12ClF3N2O3S. The Bertz CT molecular complexity index is 648. The van der Waals surface area contributed by atoms with Gasteiger partial charge in [-0.15, -0.1) is 33.6 Å². The first-order valence-electron chi connectivity index (χ1n) is 6.17. The molecule has 0 aliphatic carbocycles. The van der Waals surface area contributed by atoms with Crippen LogP contribution in [0.3, 0.4) is 0 Å². The maximum absolute atomic E-state index is 12.7. The number of allylic oxidation sites excluding steroid dienone is 1. The van der Waals surface area contributed by atoms with Crippen LogP contribution in [0, 0.1) is 0 Å². The highest BCUT2D eigenvalue weighted by Crippen LogP contribution is 2.37. The summed E-state index contributed by atoms with van der Waals surface area (Å²) in [7, 11) is 0. The van der Waals surface area contributed by atoms with Crippen molar-refractivity contribution in [1.82, 2.24) is 0 Å². The average molecular weight is 369 g/mol. The topological polar surface area (TPSA) is 82.2 Å². The molecule has 0 unspecified atom stereocenters. The second kappa shape index (κ2) is 8.21. The molecule has 0 radical (unpaired) electrons. The van der Waals surface area contributed by atoms with Gasteiger partial charge >= 0.3 is 12.1 Å². The molecule has 1 aromatic rings. The van der Waals surface area contributed by atoms with Crippen molar-refractivity contribution in [3.63, 3.8) is 0 Å². The highest BCUT2D eigenvalue weighted by atomic mass is 35.5. The summed E-state index contributed by atoms with van der Waals surface area (Å²) in [5, 5.41) is 25.2. The average Bonchev–Trinajstić information content (AvgIpc) is 2.47. The zero-order chi connectivity index (χ0) is 17.6. The van der Waals surface area contributed by atoms with Crippen LogP contribution in [0.2, 0.25) is 0 Å². The molecule has 1 aromatic carbocycles. The molecule has 0 saturated heterocycles. The lowest BCUT2D eigenvalue weighted by Crippen LogP contribution is -2.04. The molecule has 126 valence electrons. The lowest BCUT2D eigenvalue weighted by atomic mass is 10.2. The highest BCUT2D eigenvalue weighted by molar-refractivity contribution is 7.99. The number of rotatable bonds is 6. The molecule has 23 heavy (non-hydrogen) atoms. The lowest BCUT2D eigenvalue weighted by molar-refractivity contribution is -0.137. The Balaban J connectivity index is 3.27. The number of hydrogen-bond acceptors (Lipinski definition) is 5. The Morgan fingerprint density at radius 3 is 2.48 bits per heavy atom. The normalized spacial score (nSPS) is 13.3. The number of aliphatic hydroxyl groups excluding tert-OH is 1. The van der Waals surface area contributed by atoms with Gasteiger partial charge in [-0.2, -0.15) is 13.2 Å². The zero-order valence-electron chi connectivity index (χ0n) is 11.8. The standard InChI is InChI=1S/C13H12ClF3N2O3S/c1-2-23-10-5-7(13(15,16)17)3-4-8(10)18-19-11(12(21)22)9(20)6-14/h3-5,20H,2,6H2,1H3,(H,21,22). The summed E-state index contributed by atoms with van der Waals surface area (Å²) in [5.41, 5.74) is -1.55. The van der Waals surface area contributed by atoms with Crippen molar-refractivity contribution in [2.45, 2.75) is 18.0 Å². The third-order valence-electron chi connectivity index (χ3n) is 2.45. The summed E-state index contributed by atoms with van der Waals surface area (Å²) >= 11 is 6.42. The minimum absolute atomic E-state index is 0.0611. The van der Waals surface area contributed by atoms with E-state index < -0.39 is 35.0 Å². The Hall–Kier alpha value is -1.74. The van der Waals surface area contributed by atoms with Gasteiger partial charge in [0.25, 0.3) is 0 Å². The predicted octanol–water partition coefficient (Wildman–Crippen LogP) is 4.99. The number of nitrogens with zero attached hydrogens (tertiary/aromatic N) is 2. The molecule has 5 nitrogen and oxygen atoms in total. The van der Waals surface area contributed by atoms with Gasteiger partial charge in [0.1, 0.15) is 5.76 Å². The van der Waals surface area contributed by atoms with Gasteiger partial charge in [-0.3, -0.25) is 0 Å². The third-order valence-corrected chi connectivity index (χ3v) is 3.63. The fourth-order valence-corrected chi connectivity index (χ4v) is 2.34. The van der Waals surface area contributed by atoms with E-state index in [1.54, 1.807) is 6.92 Å². The predicted molar refractivity (Wildman–Crippen MR) is 80.4 cm³/mol. The van der Waals surface area contributed by atoms with Crippen LogP contribution in [-0.2, 0) is 11.0 Å². The lowest BCUT2D eigenvalue weighted by Gasteiger charge is -2.10. The molecule has 0 aliphatic rings. The molecule has 10 heteroatoms. The van der Waals surface area contributed by atoms with Gasteiger partial charge in [0.05, 0.1) is 17.1 Å². The van der Waals surface area contributed by atoms with Crippen molar-refractivity contribution in [2.24, 2.45) is 10.2 Å². The van der Waals surface area contributed by atoms with Crippen LogP contribution in [0.4, 0.5) is 18.9 Å². The van der Waals surface area contributed by atoms with E-state index in [1.807, 2.05) is 0 Å². The van der Waals surface area contributed by atoms with Gasteiger partial charge in [0.2, 0.25) is 5.70 Å². The fourth-order valence-electron chi connectivity index (χ4n) is 1.44. The Morgan fingerprint density at radius 2 is 2.00 bits per heavy atom. The van der Waals surface area contributed by atoms with Gasteiger partial charge in [0.15, 0.2) is 0 Å². The summed E-state index contributed by atoms with van der Waals surface area (Å²) < 4.78 is 38.1. The first-order valence-corrected chi connectivity index (χ1v) is 7.69. The van der Waals surface area contributed by atoms with Crippen molar-refractivity contribution in [1.29, 1.82) is 0 Å². The van der Waals surface area contributed by atoms with E-state index in [0.717, 1.165) is 30.0 Å². The molecule has 0 fully saturated rings. The summed E-state index contributed by atoms with van der Waals surface area (Å²) in [6, 6.07) is 2.81. The molecule has 0 aliphatic heterocycles. The maximum atomic E-state index is 12.7. The Kier molecular flexibility index (Phi) is 6.89. The number of alkyl halides is 4. The van der Waals surface area contributed by atoms with E-state index in [9.17, 15) is 23.1 Å². The van der Waals surface area contributed by atoms with E-state index in [1.165, 1.54) is 0 Å². The van der Waals surface area contributed by atoms with Crippen LogP contribution in [-0.4, -0.2) is 27.8 Å². The number of thioether (sulfide) groups is 1. The van der Waals surface area contributed by atoms with Crippen LogP contribution < -0.4 is 0 Å². The number of aliphatic hydroxyl groups is 1. The molecular weight excluding hydrogens is 357 g/mol.